The van der Waals surface area contributed by atoms with E-state index in [2.05, 4.69) is 15.0 Å². The number of hydrogen-bond acceptors (Lipinski definition) is 8. The first kappa shape index (κ1) is 12.8. The molecular formula is C11H12N4O5. The van der Waals surface area contributed by atoms with Crippen LogP contribution >= 0.6 is 0 Å². The summed E-state index contributed by atoms with van der Waals surface area (Å²) < 4.78 is 15.4. The SMILES string of the molecule is O=[N+]([O-])c1ccc(-c2noc(CN3CCOCC3)n2)o1. The minimum Gasteiger partial charge on any atom is -0.397 e. The predicted octanol–water partition coefficient (Wildman–Crippen LogP) is 1.07. The lowest BCUT2D eigenvalue weighted by atomic mass is 10.4. The van der Waals surface area contributed by atoms with Gasteiger partial charge < -0.3 is 13.7 Å². The smallest absolute Gasteiger partial charge is 0.397 e. The number of rotatable bonds is 4. The highest BCUT2D eigenvalue weighted by Gasteiger charge is 2.19. The number of hydrogen-bond donors (Lipinski definition) is 0. The van der Waals surface area contributed by atoms with Gasteiger partial charge in [-0.3, -0.25) is 15.0 Å². The molecular weight excluding hydrogens is 268 g/mol. The van der Waals surface area contributed by atoms with Crippen molar-refractivity contribution in [1.29, 1.82) is 0 Å². The van der Waals surface area contributed by atoms with Gasteiger partial charge in [0, 0.05) is 13.1 Å². The maximum absolute atomic E-state index is 10.5. The molecule has 0 bridgehead atoms. The van der Waals surface area contributed by atoms with Crippen LogP contribution in [0.2, 0.25) is 0 Å². The topological polar surface area (TPSA) is 108 Å². The number of nitro groups is 1. The molecule has 106 valence electrons. The second-order valence-corrected chi connectivity index (χ2v) is 4.30. The largest absolute Gasteiger partial charge is 0.433 e. The molecule has 0 aromatic carbocycles. The van der Waals surface area contributed by atoms with E-state index in [4.69, 9.17) is 13.7 Å². The van der Waals surface area contributed by atoms with Crippen molar-refractivity contribution in [1.82, 2.24) is 15.0 Å². The zero-order valence-corrected chi connectivity index (χ0v) is 10.5. The van der Waals surface area contributed by atoms with Gasteiger partial charge in [-0.2, -0.15) is 4.98 Å². The fourth-order valence-corrected chi connectivity index (χ4v) is 1.92. The summed E-state index contributed by atoms with van der Waals surface area (Å²) in [5, 5.41) is 14.3. The average Bonchev–Trinajstić information content (AvgIpc) is 3.08. The van der Waals surface area contributed by atoms with Gasteiger partial charge in [0.25, 0.3) is 0 Å². The van der Waals surface area contributed by atoms with Crippen molar-refractivity contribution in [3.63, 3.8) is 0 Å². The number of ether oxygens (including phenoxy) is 1. The van der Waals surface area contributed by atoms with E-state index in [1.165, 1.54) is 12.1 Å². The molecule has 9 heteroatoms. The maximum Gasteiger partial charge on any atom is 0.433 e. The summed E-state index contributed by atoms with van der Waals surface area (Å²) in [7, 11) is 0. The van der Waals surface area contributed by atoms with E-state index in [9.17, 15) is 10.1 Å². The van der Waals surface area contributed by atoms with E-state index in [1.807, 2.05) is 0 Å². The number of aromatic nitrogens is 2. The van der Waals surface area contributed by atoms with Gasteiger partial charge in [0.05, 0.1) is 25.8 Å². The molecule has 3 rings (SSSR count). The summed E-state index contributed by atoms with van der Waals surface area (Å²) in [6, 6.07) is 2.70. The van der Waals surface area contributed by atoms with Crippen LogP contribution in [0.15, 0.2) is 21.1 Å². The molecule has 1 aliphatic rings. The molecule has 1 aliphatic heterocycles. The van der Waals surface area contributed by atoms with Crippen LogP contribution in [0.4, 0.5) is 5.88 Å². The Morgan fingerprint density at radius 1 is 1.35 bits per heavy atom. The molecule has 1 saturated heterocycles. The summed E-state index contributed by atoms with van der Waals surface area (Å²) in [5.74, 6) is 0.524. The van der Waals surface area contributed by atoms with Gasteiger partial charge in [0.15, 0.2) is 5.76 Å². The summed E-state index contributed by atoms with van der Waals surface area (Å²) in [6.45, 7) is 3.52. The Morgan fingerprint density at radius 2 is 2.15 bits per heavy atom. The van der Waals surface area contributed by atoms with Crippen molar-refractivity contribution in [2.75, 3.05) is 26.3 Å². The van der Waals surface area contributed by atoms with Crippen LogP contribution in [0.25, 0.3) is 11.6 Å². The molecule has 0 spiro atoms. The van der Waals surface area contributed by atoms with Crippen LogP contribution in [0.1, 0.15) is 5.89 Å². The minimum absolute atomic E-state index is 0.210. The Morgan fingerprint density at radius 3 is 2.85 bits per heavy atom. The van der Waals surface area contributed by atoms with E-state index in [0.717, 1.165) is 13.1 Å². The average molecular weight is 280 g/mol. The monoisotopic (exact) mass is 280 g/mol. The molecule has 0 N–H and O–H groups in total. The van der Waals surface area contributed by atoms with Gasteiger partial charge in [0.2, 0.25) is 11.7 Å². The Hall–Kier alpha value is -2.26. The highest BCUT2D eigenvalue weighted by molar-refractivity contribution is 5.47. The molecule has 2 aromatic rings. The molecule has 2 aromatic heterocycles. The third-order valence-corrected chi connectivity index (χ3v) is 2.92. The third kappa shape index (κ3) is 2.68. The standard InChI is InChI=1S/C11H12N4O5/c16-15(17)10-2-1-8(19-10)11-12-9(20-13-11)7-14-3-5-18-6-4-14/h1-2H,3-7H2. The van der Waals surface area contributed by atoms with Crippen LogP contribution in [0.5, 0.6) is 0 Å². The van der Waals surface area contributed by atoms with Crippen molar-refractivity contribution >= 4 is 5.88 Å². The third-order valence-electron chi connectivity index (χ3n) is 2.92. The minimum atomic E-state index is -0.613. The number of morpholine rings is 1. The van der Waals surface area contributed by atoms with E-state index in [-0.39, 0.29) is 17.5 Å². The Bertz CT molecular complexity index is 601. The molecule has 20 heavy (non-hydrogen) atoms. The second-order valence-electron chi connectivity index (χ2n) is 4.30. The summed E-state index contributed by atoms with van der Waals surface area (Å²) in [5.41, 5.74) is 0. The quantitative estimate of drug-likeness (QED) is 0.604. The van der Waals surface area contributed by atoms with Gasteiger partial charge in [-0.05, 0) is 6.07 Å². The Kier molecular flexibility index (Phi) is 3.44. The first-order valence-corrected chi connectivity index (χ1v) is 6.09. The highest BCUT2D eigenvalue weighted by Crippen LogP contribution is 2.23. The molecule has 0 aliphatic carbocycles. The van der Waals surface area contributed by atoms with E-state index < -0.39 is 4.92 Å². The summed E-state index contributed by atoms with van der Waals surface area (Å²) >= 11 is 0. The number of nitrogens with zero attached hydrogens (tertiary/aromatic N) is 4. The fourth-order valence-electron chi connectivity index (χ4n) is 1.92. The maximum atomic E-state index is 10.5. The Labute approximate surface area is 113 Å². The van der Waals surface area contributed by atoms with Gasteiger partial charge in [-0.15, -0.1) is 0 Å². The first-order valence-electron chi connectivity index (χ1n) is 6.09. The molecule has 0 saturated carbocycles. The first-order chi connectivity index (χ1) is 9.72. The van der Waals surface area contributed by atoms with Gasteiger partial charge in [-0.1, -0.05) is 5.16 Å². The lowest BCUT2D eigenvalue weighted by molar-refractivity contribution is -0.401. The van der Waals surface area contributed by atoms with E-state index in [1.54, 1.807) is 0 Å². The zero-order valence-electron chi connectivity index (χ0n) is 10.5. The van der Waals surface area contributed by atoms with E-state index >= 15 is 0 Å². The second kappa shape index (κ2) is 5.39. The molecule has 9 nitrogen and oxygen atoms in total. The summed E-state index contributed by atoms with van der Waals surface area (Å²) in [4.78, 5) is 16.2. The van der Waals surface area contributed by atoms with Crippen LogP contribution in [0.3, 0.4) is 0 Å². The molecule has 0 radical (unpaired) electrons. The molecule has 0 atom stereocenters. The number of furan rings is 1. The van der Waals surface area contributed by atoms with Gasteiger partial charge >= 0.3 is 5.88 Å². The zero-order chi connectivity index (χ0) is 13.9. The van der Waals surface area contributed by atoms with Crippen LogP contribution in [-0.2, 0) is 11.3 Å². The van der Waals surface area contributed by atoms with Crippen LogP contribution < -0.4 is 0 Å². The summed E-state index contributed by atoms with van der Waals surface area (Å²) in [6.07, 6.45) is 0. The fraction of sp³-hybridized carbons (Fsp3) is 0.455. The van der Waals surface area contributed by atoms with Crippen LogP contribution in [0, 0.1) is 10.1 Å². The normalized spacial score (nSPS) is 16.4. The van der Waals surface area contributed by atoms with Crippen molar-refractivity contribution in [2.24, 2.45) is 0 Å². The van der Waals surface area contributed by atoms with Crippen molar-refractivity contribution in [3.8, 4) is 11.6 Å². The van der Waals surface area contributed by atoms with Crippen molar-refractivity contribution in [3.05, 3.63) is 28.1 Å². The molecule has 0 amide bonds. The van der Waals surface area contributed by atoms with E-state index in [0.29, 0.717) is 25.6 Å². The van der Waals surface area contributed by atoms with Crippen molar-refractivity contribution in [2.45, 2.75) is 6.54 Å². The molecule has 0 unspecified atom stereocenters. The van der Waals surface area contributed by atoms with Crippen LogP contribution in [-0.4, -0.2) is 46.3 Å². The lowest BCUT2D eigenvalue weighted by Gasteiger charge is -2.24. The van der Waals surface area contributed by atoms with Gasteiger partial charge in [-0.25, -0.2) is 0 Å². The highest BCUT2D eigenvalue weighted by atomic mass is 16.6. The Balaban J connectivity index is 1.70. The molecule has 3 heterocycles. The van der Waals surface area contributed by atoms with Gasteiger partial charge in [0.1, 0.15) is 4.92 Å². The predicted molar refractivity (Wildman–Crippen MR) is 64.8 cm³/mol. The molecule has 1 fully saturated rings. The van der Waals surface area contributed by atoms with Crippen molar-refractivity contribution < 1.29 is 18.6 Å². The lowest BCUT2D eigenvalue weighted by Crippen LogP contribution is -2.35.